The Labute approximate surface area is 131 Å². The van der Waals surface area contributed by atoms with Crippen LogP contribution in [0.5, 0.6) is 0 Å². The Morgan fingerprint density at radius 1 is 0.870 bits per heavy atom. The van der Waals surface area contributed by atoms with Crippen LogP contribution < -0.4 is 0 Å². The fraction of sp³-hybridized carbons (Fsp3) is 0.571. The lowest BCUT2D eigenvalue weighted by Gasteiger charge is -2.26. The van der Waals surface area contributed by atoms with E-state index in [2.05, 4.69) is 0 Å². The second-order valence-corrected chi connectivity index (χ2v) is 8.93. The highest BCUT2D eigenvalue weighted by Crippen LogP contribution is 2.36. The molecule has 1 aromatic rings. The normalized spacial score (nSPS) is 13.4. The summed E-state index contributed by atoms with van der Waals surface area (Å²) in [5, 5.41) is 0. The van der Waals surface area contributed by atoms with E-state index in [1.807, 2.05) is 6.92 Å². The van der Waals surface area contributed by atoms with E-state index < -0.39 is 32.0 Å². The zero-order chi connectivity index (χ0) is 17.9. The largest absolute Gasteiger partial charge is 0.416 e. The first-order valence-electron chi connectivity index (χ1n) is 6.86. The second-order valence-electron chi connectivity index (χ2n) is 5.09. The lowest BCUT2D eigenvalue weighted by molar-refractivity contribution is -0.143. The molecule has 0 atom stereocenters. The SMILES string of the molecule is CC[Si](CCc1cc(C(F)(F)F)cc(C(F)(F)F)c1)(OC)OC. The van der Waals surface area contributed by atoms with Crippen molar-refractivity contribution in [1.29, 1.82) is 0 Å². The molecule has 9 heteroatoms. The molecule has 0 saturated heterocycles. The number of rotatable bonds is 6. The molecule has 0 fully saturated rings. The minimum Gasteiger partial charge on any atom is -0.398 e. The highest BCUT2D eigenvalue weighted by Gasteiger charge is 2.38. The van der Waals surface area contributed by atoms with Gasteiger partial charge in [-0.1, -0.05) is 6.92 Å². The predicted molar refractivity (Wildman–Crippen MR) is 75.2 cm³/mol. The number of halogens is 6. The third-order valence-corrected chi connectivity index (χ3v) is 7.30. The summed E-state index contributed by atoms with van der Waals surface area (Å²) in [4.78, 5) is 0. The third-order valence-electron chi connectivity index (χ3n) is 3.72. The third kappa shape index (κ3) is 5.22. The summed E-state index contributed by atoms with van der Waals surface area (Å²) >= 11 is 0. The fourth-order valence-electron chi connectivity index (χ4n) is 2.25. The molecule has 23 heavy (non-hydrogen) atoms. The molecule has 0 radical (unpaired) electrons. The van der Waals surface area contributed by atoms with Crippen molar-refractivity contribution in [3.63, 3.8) is 0 Å². The van der Waals surface area contributed by atoms with E-state index >= 15 is 0 Å². The average Bonchev–Trinajstić information content (AvgIpc) is 2.47. The Kier molecular flexibility index (Phi) is 6.28. The zero-order valence-electron chi connectivity index (χ0n) is 12.9. The maximum atomic E-state index is 12.8. The molecule has 0 bridgehead atoms. The van der Waals surface area contributed by atoms with E-state index in [1.165, 1.54) is 14.2 Å². The van der Waals surface area contributed by atoms with E-state index in [-0.39, 0.29) is 24.1 Å². The van der Waals surface area contributed by atoms with Crippen LogP contribution >= 0.6 is 0 Å². The maximum Gasteiger partial charge on any atom is 0.416 e. The molecule has 0 aromatic heterocycles. The van der Waals surface area contributed by atoms with Gasteiger partial charge in [0, 0.05) is 14.2 Å². The van der Waals surface area contributed by atoms with Crippen molar-refractivity contribution < 1.29 is 35.2 Å². The van der Waals surface area contributed by atoms with Crippen molar-refractivity contribution in [2.45, 2.75) is 37.8 Å². The van der Waals surface area contributed by atoms with Gasteiger partial charge in [0.05, 0.1) is 11.1 Å². The average molecular weight is 360 g/mol. The number of aryl methyl sites for hydroxylation is 1. The maximum absolute atomic E-state index is 12.8. The zero-order valence-corrected chi connectivity index (χ0v) is 13.9. The lowest BCUT2D eigenvalue weighted by atomic mass is 10.0. The fourth-order valence-corrected chi connectivity index (χ4v) is 4.43. The quantitative estimate of drug-likeness (QED) is 0.524. The predicted octanol–water partition coefficient (Wildman–Crippen LogP) is 5.02. The van der Waals surface area contributed by atoms with Gasteiger partial charge in [0.1, 0.15) is 0 Å². The molecule has 0 aliphatic carbocycles. The number of hydrogen-bond acceptors (Lipinski definition) is 2. The standard InChI is InChI=1S/C14H18F6O2Si/c1-4-23(21-2,22-3)6-5-10-7-11(13(15,16)17)9-12(8-10)14(18,19)20/h7-9H,4-6H2,1-3H3. The molecule has 0 unspecified atom stereocenters. The first-order chi connectivity index (χ1) is 10.5. The van der Waals surface area contributed by atoms with Gasteiger partial charge in [-0.2, -0.15) is 26.3 Å². The van der Waals surface area contributed by atoms with Crippen molar-refractivity contribution in [3.8, 4) is 0 Å². The molecule has 0 aliphatic rings. The lowest BCUT2D eigenvalue weighted by Crippen LogP contribution is -2.39. The van der Waals surface area contributed by atoms with Crippen molar-refractivity contribution in [1.82, 2.24) is 0 Å². The number of alkyl halides is 6. The van der Waals surface area contributed by atoms with Crippen molar-refractivity contribution in [2.75, 3.05) is 14.2 Å². The van der Waals surface area contributed by atoms with E-state index in [1.54, 1.807) is 0 Å². The van der Waals surface area contributed by atoms with Gasteiger partial charge in [0.25, 0.3) is 0 Å². The smallest absolute Gasteiger partial charge is 0.398 e. The topological polar surface area (TPSA) is 18.5 Å². The van der Waals surface area contributed by atoms with Crippen LogP contribution in [0.1, 0.15) is 23.6 Å². The van der Waals surface area contributed by atoms with Crippen LogP contribution in [0.4, 0.5) is 26.3 Å². The van der Waals surface area contributed by atoms with Gasteiger partial charge in [0.2, 0.25) is 0 Å². The summed E-state index contributed by atoms with van der Waals surface area (Å²) < 4.78 is 87.5. The summed E-state index contributed by atoms with van der Waals surface area (Å²) in [6.45, 7) is 1.81. The van der Waals surface area contributed by atoms with Crippen molar-refractivity contribution >= 4 is 8.56 Å². The minimum atomic E-state index is -4.84. The van der Waals surface area contributed by atoms with E-state index in [0.717, 1.165) is 12.1 Å². The Balaban J connectivity index is 3.16. The molecule has 0 spiro atoms. The molecule has 0 N–H and O–H groups in total. The van der Waals surface area contributed by atoms with Crippen LogP contribution in [0, 0.1) is 0 Å². The molecular formula is C14H18F6O2Si. The molecule has 0 aliphatic heterocycles. The van der Waals surface area contributed by atoms with Gasteiger partial charge in [-0.05, 0) is 42.3 Å². The van der Waals surface area contributed by atoms with Gasteiger partial charge < -0.3 is 8.85 Å². The molecule has 0 heterocycles. The van der Waals surface area contributed by atoms with E-state index in [4.69, 9.17) is 8.85 Å². The summed E-state index contributed by atoms with van der Waals surface area (Å²) in [5.41, 5.74) is -2.64. The summed E-state index contributed by atoms with van der Waals surface area (Å²) in [5.74, 6) is 0. The van der Waals surface area contributed by atoms with Crippen LogP contribution in [0.3, 0.4) is 0 Å². The molecule has 1 aromatic carbocycles. The summed E-state index contributed by atoms with van der Waals surface area (Å²) in [6, 6.07) is 2.44. The second kappa shape index (κ2) is 7.23. The van der Waals surface area contributed by atoms with Gasteiger partial charge in [-0.15, -0.1) is 0 Å². The van der Waals surface area contributed by atoms with Gasteiger partial charge in [-0.3, -0.25) is 0 Å². The molecule has 132 valence electrons. The van der Waals surface area contributed by atoms with Crippen molar-refractivity contribution in [3.05, 3.63) is 34.9 Å². The van der Waals surface area contributed by atoms with Crippen molar-refractivity contribution in [2.24, 2.45) is 0 Å². The van der Waals surface area contributed by atoms with Crippen LogP contribution in [0.15, 0.2) is 18.2 Å². The summed E-state index contributed by atoms with van der Waals surface area (Å²) in [7, 11) is 0.285. The molecular weight excluding hydrogens is 342 g/mol. The first kappa shape index (κ1) is 20.0. The van der Waals surface area contributed by atoms with Crippen LogP contribution in [-0.2, 0) is 27.6 Å². The van der Waals surface area contributed by atoms with Crippen LogP contribution in [-0.4, -0.2) is 22.8 Å². The highest BCUT2D eigenvalue weighted by molar-refractivity contribution is 6.67. The molecule has 1 rings (SSSR count). The van der Waals surface area contributed by atoms with Crippen LogP contribution in [0.2, 0.25) is 12.1 Å². The van der Waals surface area contributed by atoms with Gasteiger partial charge >= 0.3 is 20.9 Å². The highest BCUT2D eigenvalue weighted by atomic mass is 28.4. The van der Waals surface area contributed by atoms with Crippen LogP contribution in [0.25, 0.3) is 0 Å². The Hall–Kier alpha value is -1.06. The number of benzene rings is 1. The molecule has 2 nitrogen and oxygen atoms in total. The Bertz CT molecular complexity index is 482. The van der Waals surface area contributed by atoms with Gasteiger partial charge in [0.15, 0.2) is 0 Å². The Morgan fingerprint density at radius 3 is 1.61 bits per heavy atom. The van der Waals surface area contributed by atoms with E-state index in [9.17, 15) is 26.3 Å². The number of hydrogen-bond donors (Lipinski definition) is 0. The minimum absolute atomic E-state index is 0.0226. The van der Waals surface area contributed by atoms with E-state index in [0.29, 0.717) is 6.04 Å². The molecule has 0 saturated carbocycles. The first-order valence-corrected chi connectivity index (χ1v) is 9.09. The molecule has 0 amide bonds. The Morgan fingerprint density at radius 2 is 1.30 bits per heavy atom. The monoisotopic (exact) mass is 360 g/mol. The van der Waals surface area contributed by atoms with Gasteiger partial charge in [-0.25, -0.2) is 0 Å². The summed E-state index contributed by atoms with van der Waals surface area (Å²) in [6.07, 6.45) is -9.65.